The molecule has 1 atom stereocenters. The topological polar surface area (TPSA) is 59.3 Å². The zero-order valence-electron chi connectivity index (χ0n) is 21.1. The van der Waals surface area contributed by atoms with Gasteiger partial charge in [0.05, 0.1) is 6.54 Å². The van der Waals surface area contributed by atoms with Crippen LogP contribution in [0, 0.1) is 0 Å². The minimum absolute atomic E-state index is 0. The summed E-state index contributed by atoms with van der Waals surface area (Å²) in [5.41, 5.74) is 0. The lowest BCUT2D eigenvalue weighted by Gasteiger charge is -2.10. The zero-order chi connectivity index (χ0) is 24.0. The van der Waals surface area contributed by atoms with Crippen molar-refractivity contribution in [3.8, 4) is 0 Å². The van der Waals surface area contributed by atoms with Gasteiger partial charge in [0.15, 0.2) is 12.4 Å². The van der Waals surface area contributed by atoms with Crippen LogP contribution in [0.15, 0.2) is 30.6 Å². The molecule has 0 spiro atoms. The van der Waals surface area contributed by atoms with E-state index >= 15 is 0 Å². The molecule has 1 amide bonds. The Morgan fingerprint density at radius 2 is 1.32 bits per heavy atom. The molecule has 7 heteroatoms. The SMILES string of the molecule is CCCCCCCCCCCCCCCCC(I)C(=O)OCCNC(=O)C[n+]1ccccc1.[Cl-]. The number of pyridine rings is 1. The maximum atomic E-state index is 12.1. The third kappa shape index (κ3) is 19.4. The Morgan fingerprint density at radius 3 is 1.85 bits per heavy atom. The van der Waals surface area contributed by atoms with Crippen LogP contribution in [0.1, 0.15) is 103 Å². The molecule has 0 bridgehead atoms. The number of carbonyl (C=O) groups is 2. The van der Waals surface area contributed by atoms with Crippen LogP contribution in [0.5, 0.6) is 0 Å². The normalized spacial score (nSPS) is 11.5. The van der Waals surface area contributed by atoms with Gasteiger partial charge in [0, 0.05) is 12.1 Å². The predicted octanol–water partition coefficient (Wildman–Crippen LogP) is 3.31. The molecule has 1 heterocycles. The Balaban J connectivity index is 0.0000109. The molecule has 0 fully saturated rings. The first-order valence-corrected chi connectivity index (χ1v) is 14.4. The van der Waals surface area contributed by atoms with Gasteiger partial charge >= 0.3 is 5.97 Å². The highest BCUT2D eigenvalue weighted by Gasteiger charge is 2.16. The molecule has 1 rings (SSSR count). The number of hydrogen-bond acceptors (Lipinski definition) is 3. The number of ether oxygens (including phenoxy) is 1. The predicted molar refractivity (Wildman–Crippen MR) is 143 cm³/mol. The second kappa shape index (κ2) is 23.8. The Kier molecular flexibility index (Phi) is 23.2. The number of aromatic nitrogens is 1. The molecule has 0 aliphatic heterocycles. The molecule has 0 aliphatic rings. The first-order chi connectivity index (χ1) is 16.1. The molecule has 1 N–H and O–H groups in total. The molecule has 1 aromatic rings. The van der Waals surface area contributed by atoms with Crippen molar-refractivity contribution in [2.24, 2.45) is 0 Å². The van der Waals surface area contributed by atoms with Crippen LogP contribution in [0.3, 0.4) is 0 Å². The van der Waals surface area contributed by atoms with Crippen LogP contribution in [0.2, 0.25) is 0 Å². The molecule has 0 radical (unpaired) electrons. The summed E-state index contributed by atoms with van der Waals surface area (Å²) < 4.78 is 7.01. The lowest BCUT2D eigenvalue weighted by molar-refractivity contribution is -0.684. The standard InChI is InChI=1S/C27H45IN2O3.ClH/c1-2-3-4-5-6-7-8-9-10-11-12-13-14-16-19-25(28)27(32)33-23-20-29-26(31)24-30-21-17-15-18-22-30;/h15,17-18,21-22,25H,2-14,16,19-20,23-24H2,1H3;1H. The van der Waals surface area contributed by atoms with E-state index in [1.807, 2.05) is 30.6 Å². The van der Waals surface area contributed by atoms with Crippen LogP contribution in [0.4, 0.5) is 0 Å². The minimum atomic E-state index is -0.169. The van der Waals surface area contributed by atoms with Crippen LogP contribution in [-0.2, 0) is 20.9 Å². The fourth-order valence-corrected chi connectivity index (χ4v) is 4.45. The van der Waals surface area contributed by atoms with Gasteiger partial charge in [-0.2, -0.15) is 4.57 Å². The Hall–Kier alpha value is -0.890. The van der Waals surface area contributed by atoms with Gasteiger partial charge in [-0.1, -0.05) is 125 Å². The third-order valence-corrected chi connectivity index (χ3v) is 6.97. The van der Waals surface area contributed by atoms with E-state index in [2.05, 4.69) is 34.8 Å². The molecule has 5 nitrogen and oxygen atoms in total. The maximum Gasteiger partial charge on any atom is 0.318 e. The van der Waals surface area contributed by atoms with E-state index in [0.717, 1.165) is 12.8 Å². The lowest BCUT2D eigenvalue weighted by atomic mass is 10.0. The summed E-state index contributed by atoms with van der Waals surface area (Å²) in [7, 11) is 0. The van der Waals surface area contributed by atoms with Gasteiger partial charge in [-0.25, -0.2) is 0 Å². The summed E-state index contributed by atoms with van der Waals surface area (Å²) >= 11 is 2.18. The van der Waals surface area contributed by atoms with Gasteiger partial charge in [0.2, 0.25) is 6.54 Å². The number of amides is 1. The average Bonchev–Trinajstić information content (AvgIpc) is 2.82. The summed E-state index contributed by atoms with van der Waals surface area (Å²) in [4.78, 5) is 24.0. The monoisotopic (exact) mass is 608 g/mol. The van der Waals surface area contributed by atoms with E-state index in [-0.39, 0.29) is 41.4 Å². The van der Waals surface area contributed by atoms with Gasteiger partial charge in [0.1, 0.15) is 10.5 Å². The largest absolute Gasteiger partial charge is 1.00 e. The highest BCUT2D eigenvalue weighted by Crippen LogP contribution is 2.16. The summed E-state index contributed by atoms with van der Waals surface area (Å²) in [5, 5.41) is 2.78. The fourth-order valence-electron chi connectivity index (χ4n) is 3.83. The van der Waals surface area contributed by atoms with Gasteiger partial charge in [-0.05, 0) is 6.42 Å². The summed E-state index contributed by atoms with van der Waals surface area (Å²) in [6, 6.07) is 5.67. The molecular weight excluding hydrogens is 563 g/mol. The smallest absolute Gasteiger partial charge is 0.318 e. The number of alkyl halides is 1. The molecule has 0 aliphatic carbocycles. The number of carbonyl (C=O) groups excluding carboxylic acids is 2. The number of nitrogens with one attached hydrogen (secondary N) is 1. The molecule has 196 valence electrons. The molecule has 1 aromatic heterocycles. The Bertz CT molecular complexity index is 619. The summed E-state index contributed by atoms with van der Waals surface area (Å²) in [6.45, 7) is 3.11. The minimum Gasteiger partial charge on any atom is -1.00 e. The summed E-state index contributed by atoms with van der Waals surface area (Å²) in [6.07, 6.45) is 23.3. The van der Waals surface area contributed by atoms with Crippen LogP contribution in [0.25, 0.3) is 0 Å². The first-order valence-electron chi connectivity index (χ1n) is 13.1. The van der Waals surface area contributed by atoms with Gasteiger partial charge < -0.3 is 22.5 Å². The lowest BCUT2D eigenvalue weighted by Crippen LogP contribution is -3.00. The van der Waals surface area contributed by atoms with Crippen molar-refractivity contribution < 1.29 is 31.3 Å². The highest BCUT2D eigenvalue weighted by atomic mass is 127. The number of hydrogen-bond donors (Lipinski definition) is 1. The molecule has 0 saturated carbocycles. The van der Waals surface area contributed by atoms with E-state index in [1.165, 1.54) is 83.5 Å². The average molecular weight is 609 g/mol. The van der Waals surface area contributed by atoms with Crippen LogP contribution >= 0.6 is 22.6 Å². The van der Waals surface area contributed by atoms with E-state index in [0.29, 0.717) is 6.54 Å². The first kappa shape index (κ1) is 33.1. The highest BCUT2D eigenvalue weighted by molar-refractivity contribution is 14.1. The van der Waals surface area contributed by atoms with Crippen molar-refractivity contribution in [1.82, 2.24) is 5.32 Å². The number of rotatable bonds is 21. The van der Waals surface area contributed by atoms with E-state index in [9.17, 15) is 9.59 Å². The van der Waals surface area contributed by atoms with Crippen LogP contribution < -0.4 is 22.3 Å². The number of halogens is 2. The van der Waals surface area contributed by atoms with E-state index < -0.39 is 0 Å². The second-order valence-corrected chi connectivity index (χ2v) is 10.4. The second-order valence-electron chi connectivity index (χ2n) is 8.92. The Labute approximate surface area is 227 Å². The Morgan fingerprint density at radius 1 is 0.824 bits per heavy atom. The molecule has 0 aromatic carbocycles. The number of unbranched alkanes of at least 4 members (excludes halogenated alkanes) is 13. The fraction of sp³-hybridized carbons (Fsp3) is 0.741. The third-order valence-electron chi connectivity index (χ3n) is 5.84. The van der Waals surface area contributed by atoms with E-state index in [1.54, 1.807) is 4.57 Å². The maximum absolute atomic E-state index is 12.1. The molecular formula is C27H46ClIN2O3. The molecule has 0 saturated heterocycles. The van der Waals surface area contributed by atoms with Crippen molar-refractivity contribution in [2.45, 2.75) is 114 Å². The van der Waals surface area contributed by atoms with Crippen molar-refractivity contribution in [2.75, 3.05) is 13.2 Å². The molecule has 34 heavy (non-hydrogen) atoms. The number of esters is 1. The van der Waals surface area contributed by atoms with Crippen molar-refractivity contribution >= 4 is 34.5 Å². The molecule has 1 unspecified atom stereocenters. The quantitative estimate of drug-likeness (QED) is 0.0766. The van der Waals surface area contributed by atoms with Gasteiger partial charge in [0.25, 0.3) is 5.91 Å². The number of nitrogens with zero attached hydrogens (tertiary/aromatic N) is 1. The van der Waals surface area contributed by atoms with E-state index in [4.69, 9.17) is 4.74 Å². The van der Waals surface area contributed by atoms with Crippen molar-refractivity contribution in [3.05, 3.63) is 30.6 Å². The van der Waals surface area contributed by atoms with Crippen molar-refractivity contribution in [3.63, 3.8) is 0 Å². The van der Waals surface area contributed by atoms with Crippen LogP contribution in [-0.4, -0.2) is 29.0 Å². The van der Waals surface area contributed by atoms with Gasteiger partial charge in [-0.15, -0.1) is 0 Å². The zero-order valence-corrected chi connectivity index (χ0v) is 24.0. The van der Waals surface area contributed by atoms with Crippen molar-refractivity contribution in [1.29, 1.82) is 0 Å². The summed E-state index contributed by atoms with van der Waals surface area (Å²) in [5.74, 6) is -0.257. The van der Waals surface area contributed by atoms with Gasteiger partial charge in [-0.3, -0.25) is 9.59 Å².